The zero-order chi connectivity index (χ0) is 28.6. The number of terminal acetylenes is 1. The van der Waals surface area contributed by atoms with Gasteiger partial charge < -0.3 is 19.9 Å². The van der Waals surface area contributed by atoms with Gasteiger partial charge in [-0.15, -0.1) is 6.42 Å². The van der Waals surface area contributed by atoms with Crippen molar-refractivity contribution in [3.63, 3.8) is 0 Å². The Bertz CT molecular complexity index is 1670. The SMILES string of the molecule is C#CCN(Cc1ccc2nc(COC(C)=O)[nH]c(=O)c2c1)c1ccc(C(=O)NCc2cccc([N+](=O)[O-])c2)cc1. The third-order valence-electron chi connectivity index (χ3n) is 5.96. The van der Waals surface area contributed by atoms with Crippen molar-refractivity contribution in [1.82, 2.24) is 15.3 Å². The molecule has 0 unspecified atom stereocenters. The average Bonchev–Trinajstić information content (AvgIpc) is 2.95. The van der Waals surface area contributed by atoms with Gasteiger partial charge in [0.1, 0.15) is 12.4 Å². The van der Waals surface area contributed by atoms with Crippen molar-refractivity contribution >= 4 is 34.2 Å². The first-order chi connectivity index (χ1) is 19.2. The lowest BCUT2D eigenvalue weighted by Crippen LogP contribution is -2.24. The molecule has 0 atom stereocenters. The molecule has 202 valence electrons. The molecule has 1 amide bonds. The summed E-state index contributed by atoms with van der Waals surface area (Å²) in [5, 5.41) is 14.1. The van der Waals surface area contributed by atoms with Crippen molar-refractivity contribution in [2.24, 2.45) is 0 Å². The number of H-pyrrole nitrogens is 1. The summed E-state index contributed by atoms with van der Waals surface area (Å²) in [4.78, 5) is 55.7. The second-order valence-corrected chi connectivity index (χ2v) is 8.86. The van der Waals surface area contributed by atoms with Crippen molar-refractivity contribution in [3.05, 3.63) is 110 Å². The van der Waals surface area contributed by atoms with E-state index < -0.39 is 10.9 Å². The number of anilines is 1. The first-order valence-electron chi connectivity index (χ1n) is 12.2. The van der Waals surface area contributed by atoms with Crippen LogP contribution in [0.25, 0.3) is 10.9 Å². The van der Waals surface area contributed by atoms with Crippen LogP contribution in [0.5, 0.6) is 0 Å². The van der Waals surface area contributed by atoms with Gasteiger partial charge in [-0.2, -0.15) is 0 Å². The molecule has 2 N–H and O–H groups in total. The standard InChI is InChI=1S/C29H25N5O6/c1-3-13-33(17-21-7-12-26-25(15-21)29(37)32-27(31-26)18-40-19(2)35)23-10-8-22(9-11-23)28(36)30-16-20-5-4-6-24(14-20)34(38)39/h1,4-12,14-15H,13,16-18H2,2H3,(H,30,36)(H,31,32,37). The number of fused-ring (bicyclic) bond motifs is 1. The smallest absolute Gasteiger partial charge is 0.303 e. The summed E-state index contributed by atoms with van der Waals surface area (Å²) in [6.07, 6.45) is 5.60. The van der Waals surface area contributed by atoms with E-state index in [0.29, 0.717) is 28.6 Å². The third kappa shape index (κ3) is 6.87. The van der Waals surface area contributed by atoms with Gasteiger partial charge in [0.2, 0.25) is 0 Å². The average molecular weight is 540 g/mol. The number of ether oxygens (including phenoxy) is 1. The predicted molar refractivity (Wildman–Crippen MR) is 148 cm³/mol. The van der Waals surface area contributed by atoms with E-state index in [1.807, 2.05) is 11.0 Å². The van der Waals surface area contributed by atoms with Gasteiger partial charge in [-0.3, -0.25) is 24.5 Å². The van der Waals surface area contributed by atoms with Crippen LogP contribution in [0.2, 0.25) is 0 Å². The first-order valence-corrected chi connectivity index (χ1v) is 12.2. The van der Waals surface area contributed by atoms with Crippen LogP contribution < -0.4 is 15.8 Å². The number of nitrogens with zero attached hydrogens (tertiary/aromatic N) is 3. The zero-order valence-corrected chi connectivity index (χ0v) is 21.5. The van der Waals surface area contributed by atoms with Crippen molar-refractivity contribution in [3.8, 4) is 12.3 Å². The van der Waals surface area contributed by atoms with Crippen molar-refractivity contribution in [1.29, 1.82) is 0 Å². The molecule has 1 heterocycles. The van der Waals surface area contributed by atoms with Gasteiger partial charge in [0, 0.05) is 43.4 Å². The fourth-order valence-electron chi connectivity index (χ4n) is 4.03. The fourth-order valence-corrected chi connectivity index (χ4v) is 4.03. The van der Waals surface area contributed by atoms with Crippen LogP contribution in [0, 0.1) is 22.5 Å². The van der Waals surface area contributed by atoms with Gasteiger partial charge >= 0.3 is 5.97 Å². The summed E-state index contributed by atoms with van der Waals surface area (Å²) in [5.41, 5.74) is 2.71. The Morgan fingerprint density at radius 2 is 1.90 bits per heavy atom. The lowest BCUT2D eigenvalue weighted by Gasteiger charge is -2.23. The number of benzene rings is 3. The molecule has 1 aromatic heterocycles. The highest BCUT2D eigenvalue weighted by atomic mass is 16.6. The zero-order valence-electron chi connectivity index (χ0n) is 21.5. The number of nitro benzene ring substituents is 1. The maximum atomic E-state index is 12.6. The molecule has 11 heteroatoms. The number of amides is 1. The quantitative estimate of drug-likeness (QED) is 0.135. The predicted octanol–water partition coefficient (Wildman–Crippen LogP) is 3.46. The summed E-state index contributed by atoms with van der Waals surface area (Å²) in [7, 11) is 0. The molecular weight excluding hydrogens is 514 g/mol. The van der Waals surface area contributed by atoms with E-state index in [1.54, 1.807) is 48.5 Å². The summed E-state index contributed by atoms with van der Waals surface area (Å²) in [5.74, 6) is 2.09. The van der Waals surface area contributed by atoms with Crippen LogP contribution in [0.1, 0.15) is 34.2 Å². The Morgan fingerprint density at radius 3 is 2.60 bits per heavy atom. The molecule has 0 radical (unpaired) electrons. The molecule has 40 heavy (non-hydrogen) atoms. The fraction of sp³-hybridized carbons (Fsp3) is 0.172. The molecule has 0 saturated carbocycles. The van der Waals surface area contributed by atoms with Gasteiger partial charge in [-0.1, -0.05) is 24.1 Å². The van der Waals surface area contributed by atoms with E-state index in [-0.39, 0.29) is 42.7 Å². The largest absolute Gasteiger partial charge is 0.458 e. The molecule has 0 spiro atoms. The van der Waals surface area contributed by atoms with E-state index in [1.165, 1.54) is 19.1 Å². The summed E-state index contributed by atoms with van der Waals surface area (Å²) in [6, 6.07) is 18.3. The van der Waals surface area contributed by atoms with Crippen LogP contribution in [-0.2, 0) is 29.2 Å². The van der Waals surface area contributed by atoms with Gasteiger partial charge in [-0.05, 0) is 47.5 Å². The molecule has 3 aromatic carbocycles. The van der Waals surface area contributed by atoms with Crippen LogP contribution in [0.4, 0.5) is 11.4 Å². The Hall–Kier alpha value is -5.50. The van der Waals surface area contributed by atoms with Gasteiger partial charge in [-0.25, -0.2) is 4.98 Å². The minimum atomic E-state index is -0.483. The minimum Gasteiger partial charge on any atom is -0.458 e. The van der Waals surface area contributed by atoms with Crippen LogP contribution in [0.3, 0.4) is 0 Å². The number of esters is 1. The normalized spacial score (nSPS) is 10.5. The monoisotopic (exact) mass is 539 g/mol. The molecule has 0 aliphatic carbocycles. The highest BCUT2D eigenvalue weighted by Crippen LogP contribution is 2.20. The summed E-state index contributed by atoms with van der Waals surface area (Å²) in [6.45, 7) is 1.98. The molecule has 0 aliphatic rings. The van der Waals surface area contributed by atoms with E-state index in [4.69, 9.17) is 11.2 Å². The lowest BCUT2D eigenvalue weighted by atomic mass is 10.1. The topological polar surface area (TPSA) is 148 Å². The van der Waals surface area contributed by atoms with Crippen molar-refractivity contribution in [2.75, 3.05) is 11.4 Å². The number of hydrogen-bond donors (Lipinski definition) is 2. The number of aromatic amines is 1. The first kappa shape index (κ1) is 27.5. The van der Waals surface area contributed by atoms with Crippen LogP contribution in [0.15, 0.2) is 71.5 Å². The second kappa shape index (κ2) is 12.4. The number of nitrogens with one attached hydrogen (secondary N) is 2. The van der Waals surface area contributed by atoms with Crippen molar-refractivity contribution < 1.29 is 19.2 Å². The number of hydrogen-bond acceptors (Lipinski definition) is 8. The van der Waals surface area contributed by atoms with E-state index in [2.05, 4.69) is 21.2 Å². The van der Waals surface area contributed by atoms with E-state index in [9.17, 15) is 24.5 Å². The number of carbonyl (C=O) groups is 2. The Labute approximate surface area is 229 Å². The Morgan fingerprint density at radius 1 is 1.12 bits per heavy atom. The maximum absolute atomic E-state index is 12.6. The number of non-ortho nitro benzene ring substituents is 1. The Kier molecular flexibility index (Phi) is 8.51. The number of rotatable bonds is 10. The summed E-state index contributed by atoms with van der Waals surface area (Å²) >= 11 is 0. The number of aromatic nitrogens is 2. The second-order valence-electron chi connectivity index (χ2n) is 8.86. The van der Waals surface area contributed by atoms with E-state index >= 15 is 0 Å². The summed E-state index contributed by atoms with van der Waals surface area (Å²) < 4.78 is 4.91. The molecule has 0 bridgehead atoms. The number of carbonyl (C=O) groups excluding carboxylic acids is 2. The molecule has 11 nitrogen and oxygen atoms in total. The van der Waals surface area contributed by atoms with Gasteiger partial charge in [0.15, 0.2) is 0 Å². The molecule has 4 rings (SSSR count). The highest BCUT2D eigenvalue weighted by Gasteiger charge is 2.12. The molecular formula is C29H25N5O6. The van der Waals surface area contributed by atoms with Crippen LogP contribution >= 0.6 is 0 Å². The van der Waals surface area contributed by atoms with Gasteiger partial charge in [0.25, 0.3) is 17.2 Å². The Balaban J connectivity index is 1.45. The molecule has 0 fully saturated rings. The maximum Gasteiger partial charge on any atom is 0.303 e. The van der Waals surface area contributed by atoms with Crippen molar-refractivity contribution in [2.45, 2.75) is 26.6 Å². The van der Waals surface area contributed by atoms with Crippen LogP contribution in [-0.4, -0.2) is 33.3 Å². The van der Waals surface area contributed by atoms with E-state index in [0.717, 1.165) is 11.3 Å². The molecule has 0 saturated heterocycles. The third-order valence-corrected chi connectivity index (χ3v) is 5.96. The molecule has 0 aliphatic heterocycles. The van der Waals surface area contributed by atoms with Gasteiger partial charge in [0.05, 0.1) is 22.4 Å². The lowest BCUT2D eigenvalue weighted by molar-refractivity contribution is -0.384. The minimum absolute atomic E-state index is 0.0407. The number of nitro groups is 1. The highest BCUT2D eigenvalue weighted by molar-refractivity contribution is 5.94. The molecule has 4 aromatic rings.